The van der Waals surface area contributed by atoms with Gasteiger partial charge in [-0.1, -0.05) is 36.4 Å². The zero-order valence-electron chi connectivity index (χ0n) is 17.2. The maximum atomic E-state index is 13.0. The Balaban J connectivity index is 1.78. The monoisotopic (exact) mass is 405 g/mol. The van der Waals surface area contributed by atoms with E-state index in [9.17, 15) is 9.59 Å². The molecule has 2 aromatic carbocycles. The summed E-state index contributed by atoms with van der Waals surface area (Å²) in [7, 11) is 0. The van der Waals surface area contributed by atoms with E-state index in [1.165, 1.54) is 6.08 Å². The Morgan fingerprint density at radius 2 is 1.63 bits per heavy atom. The highest BCUT2D eigenvalue weighted by Crippen LogP contribution is 2.24. The Morgan fingerprint density at radius 3 is 2.30 bits per heavy atom. The van der Waals surface area contributed by atoms with Crippen molar-refractivity contribution in [3.05, 3.63) is 77.4 Å². The second-order valence-electron chi connectivity index (χ2n) is 7.57. The van der Waals surface area contributed by atoms with Gasteiger partial charge in [0.15, 0.2) is 5.78 Å². The van der Waals surface area contributed by atoms with Crippen LogP contribution in [0.15, 0.2) is 60.7 Å². The Kier molecular flexibility index (Phi) is 7.17. The predicted octanol–water partition coefficient (Wildman–Crippen LogP) is 3.29. The first-order chi connectivity index (χ1) is 14.5. The second kappa shape index (κ2) is 10.0. The van der Waals surface area contributed by atoms with Crippen LogP contribution in [0.25, 0.3) is 12.2 Å². The molecule has 1 saturated heterocycles. The fourth-order valence-corrected chi connectivity index (χ4v) is 3.72. The lowest BCUT2D eigenvalue weighted by Crippen LogP contribution is -2.54. The van der Waals surface area contributed by atoms with Crippen LogP contribution in [-0.2, 0) is 4.79 Å². The molecule has 0 aromatic heterocycles. The molecular formula is C24H27N3O3. The van der Waals surface area contributed by atoms with E-state index in [1.54, 1.807) is 23.7 Å². The summed E-state index contributed by atoms with van der Waals surface area (Å²) in [6, 6.07) is 15.9. The Labute approximate surface area is 176 Å². The van der Waals surface area contributed by atoms with Gasteiger partial charge in [-0.15, -0.1) is 0 Å². The van der Waals surface area contributed by atoms with E-state index in [0.717, 1.165) is 29.9 Å². The number of carbonyl (C=O) groups is 2. The molecule has 1 heterocycles. The van der Waals surface area contributed by atoms with Gasteiger partial charge >= 0.3 is 0 Å². The summed E-state index contributed by atoms with van der Waals surface area (Å²) < 4.78 is 0. The van der Waals surface area contributed by atoms with Crippen molar-refractivity contribution >= 4 is 29.5 Å². The Bertz CT molecular complexity index is 958. The van der Waals surface area contributed by atoms with Crippen LogP contribution in [0.4, 0.5) is 5.69 Å². The maximum absolute atomic E-state index is 13.0. The Hall–Kier alpha value is -3.22. The topological polar surface area (TPSA) is 81.7 Å². The van der Waals surface area contributed by atoms with Crippen LogP contribution < -0.4 is 15.7 Å². The molecule has 2 atom stereocenters. The van der Waals surface area contributed by atoms with Gasteiger partial charge in [0, 0.05) is 42.5 Å². The summed E-state index contributed by atoms with van der Waals surface area (Å²) in [4.78, 5) is 26.4. The SMILES string of the molecule is C[C@@H]1CN(c2ccccc2C(=O)C=Cc2cccc(C=CC(=O)NO)c2)C[C@H](C)N1. The Morgan fingerprint density at radius 1 is 1.00 bits per heavy atom. The second-order valence-corrected chi connectivity index (χ2v) is 7.57. The molecule has 3 N–H and O–H groups in total. The number of ketones is 1. The smallest absolute Gasteiger partial charge is 0.267 e. The predicted molar refractivity (Wildman–Crippen MR) is 119 cm³/mol. The number of benzene rings is 2. The molecule has 156 valence electrons. The summed E-state index contributed by atoms with van der Waals surface area (Å²) in [6.45, 7) is 6.01. The number of amides is 1. The van der Waals surface area contributed by atoms with Crippen molar-refractivity contribution < 1.29 is 14.8 Å². The van der Waals surface area contributed by atoms with E-state index in [2.05, 4.69) is 24.1 Å². The van der Waals surface area contributed by atoms with Crippen molar-refractivity contribution in [2.75, 3.05) is 18.0 Å². The van der Waals surface area contributed by atoms with E-state index < -0.39 is 5.91 Å². The first-order valence-corrected chi connectivity index (χ1v) is 10.0. The van der Waals surface area contributed by atoms with Crippen LogP contribution in [0.1, 0.15) is 35.3 Å². The van der Waals surface area contributed by atoms with Crippen molar-refractivity contribution in [2.24, 2.45) is 0 Å². The van der Waals surface area contributed by atoms with Crippen LogP contribution >= 0.6 is 0 Å². The van der Waals surface area contributed by atoms with E-state index in [-0.39, 0.29) is 5.78 Å². The minimum Gasteiger partial charge on any atom is -0.368 e. The number of para-hydroxylation sites is 1. The summed E-state index contributed by atoms with van der Waals surface area (Å²) in [5.74, 6) is -0.649. The fourth-order valence-electron chi connectivity index (χ4n) is 3.72. The number of rotatable bonds is 6. The fraction of sp³-hybridized carbons (Fsp3) is 0.250. The number of allylic oxidation sites excluding steroid dienone is 1. The number of hydroxylamine groups is 1. The summed E-state index contributed by atoms with van der Waals surface area (Å²) >= 11 is 0. The van der Waals surface area contributed by atoms with Gasteiger partial charge < -0.3 is 10.2 Å². The number of carbonyl (C=O) groups excluding carboxylic acids is 2. The van der Waals surface area contributed by atoms with Gasteiger partial charge in [0.1, 0.15) is 0 Å². The number of hydrogen-bond donors (Lipinski definition) is 3. The highest BCUT2D eigenvalue weighted by Gasteiger charge is 2.23. The summed E-state index contributed by atoms with van der Waals surface area (Å²) in [5.41, 5.74) is 4.83. The minimum absolute atomic E-state index is 0.0509. The van der Waals surface area contributed by atoms with Crippen LogP contribution in [0.3, 0.4) is 0 Å². The van der Waals surface area contributed by atoms with Crippen molar-refractivity contribution in [3.8, 4) is 0 Å². The molecule has 30 heavy (non-hydrogen) atoms. The van der Waals surface area contributed by atoms with Crippen molar-refractivity contribution in [1.82, 2.24) is 10.8 Å². The third kappa shape index (κ3) is 5.65. The lowest BCUT2D eigenvalue weighted by atomic mass is 10.0. The van der Waals surface area contributed by atoms with Gasteiger partial charge in [0.25, 0.3) is 5.91 Å². The maximum Gasteiger partial charge on any atom is 0.267 e. The minimum atomic E-state index is -0.598. The van der Waals surface area contributed by atoms with Gasteiger partial charge in [-0.2, -0.15) is 0 Å². The lowest BCUT2D eigenvalue weighted by molar-refractivity contribution is -0.124. The highest BCUT2D eigenvalue weighted by atomic mass is 16.5. The molecule has 1 fully saturated rings. The molecule has 0 unspecified atom stereocenters. The molecule has 1 amide bonds. The molecule has 3 rings (SSSR count). The van der Waals surface area contributed by atoms with Crippen LogP contribution in [0, 0.1) is 0 Å². The number of nitrogens with zero attached hydrogens (tertiary/aromatic N) is 1. The molecular weight excluding hydrogens is 378 g/mol. The van der Waals surface area contributed by atoms with E-state index in [1.807, 2.05) is 48.5 Å². The van der Waals surface area contributed by atoms with Gasteiger partial charge in [-0.05, 0) is 55.3 Å². The number of piperazine rings is 1. The summed E-state index contributed by atoms with van der Waals surface area (Å²) in [5, 5.41) is 12.1. The van der Waals surface area contributed by atoms with Crippen LogP contribution in [0.2, 0.25) is 0 Å². The van der Waals surface area contributed by atoms with Gasteiger partial charge in [0.05, 0.1) is 0 Å². The van der Waals surface area contributed by atoms with Gasteiger partial charge in [-0.25, -0.2) is 5.48 Å². The third-order valence-corrected chi connectivity index (χ3v) is 4.94. The quantitative estimate of drug-likeness (QED) is 0.297. The summed E-state index contributed by atoms with van der Waals surface area (Å²) in [6.07, 6.45) is 6.18. The zero-order valence-corrected chi connectivity index (χ0v) is 17.2. The molecule has 1 aliphatic heterocycles. The van der Waals surface area contributed by atoms with Crippen molar-refractivity contribution in [3.63, 3.8) is 0 Å². The molecule has 0 bridgehead atoms. The van der Waals surface area contributed by atoms with Gasteiger partial charge in [0.2, 0.25) is 0 Å². The molecule has 0 saturated carbocycles. The van der Waals surface area contributed by atoms with Crippen molar-refractivity contribution in [2.45, 2.75) is 25.9 Å². The van der Waals surface area contributed by atoms with Gasteiger partial charge in [-0.3, -0.25) is 14.8 Å². The average molecular weight is 405 g/mol. The molecule has 0 aliphatic carbocycles. The normalized spacial score (nSPS) is 19.4. The largest absolute Gasteiger partial charge is 0.368 e. The molecule has 0 spiro atoms. The molecule has 6 heteroatoms. The number of anilines is 1. The first kappa shape index (κ1) is 21.5. The van der Waals surface area contributed by atoms with Crippen LogP contribution in [0.5, 0.6) is 0 Å². The molecule has 1 aliphatic rings. The number of nitrogens with one attached hydrogen (secondary N) is 2. The van der Waals surface area contributed by atoms with E-state index in [4.69, 9.17) is 5.21 Å². The van der Waals surface area contributed by atoms with Crippen molar-refractivity contribution in [1.29, 1.82) is 0 Å². The molecule has 0 radical (unpaired) electrons. The average Bonchev–Trinajstić information content (AvgIpc) is 2.75. The lowest BCUT2D eigenvalue weighted by Gasteiger charge is -2.38. The van der Waals surface area contributed by atoms with Crippen LogP contribution in [-0.4, -0.2) is 42.1 Å². The van der Waals surface area contributed by atoms with E-state index in [0.29, 0.717) is 17.6 Å². The highest BCUT2D eigenvalue weighted by molar-refractivity contribution is 6.10. The van der Waals surface area contributed by atoms with E-state index >= 15 is 0 Å². The third-order valence-electron chi connectivity index (χ3n) is 4.94. The number of hydrogen-bond acceptors (Lipinski definition) is 5. The molecule has 6 nitrogen and oxygen atoms in total. The standard InChI is InChI=1S/C24H27N3O3/c1-17-15-27(16-18(2)25-17)22-9-4-3-8-21(22)23(28)12-10-19-6-5-7-20(14-19)11-13-24(29)26-30/h3-14,17-18,25,30H,15-16H2,1-2H3,(H,26,29)/t17-,18+. The molecule has 2 aromatic rings. The zero-order chi connectivity index (χ0) is 21.5. The first-order valence-electron chi connectivity index (χ1n) is 10.0.